The molecule has 0 unspecified atom stereocenters. The van der Waals surface area contributed by atoms with E-state index >= 15 is 0 Å². The summed E-state index contributed by atoms with van der Waals surface area (Å²) in [5.74, 6) is 0.272. The van der Waals surface area contributed by atoms with Gasteiger partial charge < -0.3 is 13.9 Å². The zero-order valence-corrected chi connectivity index (χ0v) is 28.1. The number of nitrogens with zero attached hydrogens (tertiary/aromatic N) is 4. The minimum atomic E-state index is -4.68. The fourth-order valence-electron chi connectivity index (χ4n) is 5.31. The van der Waals surface area contributed by atoms with Crippen molar-refractivity contribution in [3.8, 4) is 17.0 Å². The molecule has 0 fully saturated rings. The molecule has 0 amide bonds. The second-order valence-electron chi connectivity index (χ2n) is 10.7. The fourth-order valence-corrected chi connectivity index (χ4v) is 7.05. The summed E-state index contributed by atoms with van der Waals surface area (Å²) in [5, 5.41) is 0.0728. The van der Waals surface area contributed by atoms with Crippen LogP contribution in [0.15, 0.2) is 109 Å². The molecule has 0 saturated heterocycles. The Hall–Kier alpha value is -4.95. The van der Waals surface area contributed by atoms with Gasteiger partial charge in [0.1, 0.15) is 17.2 Å². The molecule has 9 nitrogen and oxygen atoms in total. The molecule has 0 aliphatic carbocycles. The normalized spacial score (nSPS) is 14.8. The summed E-state index contributed by atoms with van der Waals surface area (Å²) >= 11 is 1.96. The van der Waals surface area contributed by atoms with Crippen molar-refractivity contribution in [2.24, 2.45) is 4.99 Å². The molecule has 2 aromatic carbocycles. The van der Waals surface area contributed by atoms with Crippen LogP contribution in [-0.4, -0.2) is 34.2 Å². The number of carbonyl (C=O) groups is 1. The summed E-state index contributed by atoms with van der Waals surface area (Å²) in [6.45, 7) is 3.83. The Morgan fingerprint density at radius 2 is 1.86 bits per heavy atom. The number of ether oxygens (including phenoxy) is 2. The standard InChI is InChI=1S/C35H29F3N4O5S2/c1-4-10-24-29(32(44)46-5-2)30(21-13-9-14-22(17-21)45-3)42-31(43)26(48-34(42)40-24)18-23-15-16-28(47-23)49-33-39-25(20-11-7-6-8-12-20)19-27(41-33)35(36,37)38/h6-9,11-19,30H,4-5,10H2,1-3H3/b26-18+/t30-/m1/s1. The van der Waals surface area contributed by atoms with Crippen molar-refractivity contribution in [2.45, 2.75) is 49.2 Å². The molecular weight excluding hydrogens is 678 g/mol. The molecule has 3 aromatic heterocycles. The number of fused-ring (bicyclic) bond motifs is 1. The van der Waals surface area contributed by atoms with Crippen LogP contribution in [0.2, 0.25) is 0 Å². The Balaban J connectivity index is 1.40. The van der Waals surface area contributed by atoms with Crippen LogP contribution in [0, 0.1) is 0 Å². The van der Waals surface area contributed by atoms with Crippen molar-refractivity contribution in [2.75, 3.05) is 13.7 Å². The average molecular weight is 707 g/mol. The van der Waals surface area contributed by atoms with Crippen LogP contribution in [0.25, 0.3) is 17.3 Å². The van der Waals surface area contributed by atoms with E-state index < -0.39 is 29.4 Å². The van der Waals surface area contributed by atoms with Crippen LogP contribution in [0.3, 0.4) is 0 Å². The Morgan fingerprint density at radius 1 is 1.06 bits per heavy atom. The van der Waals surface area contributed by atoms with Crippen LogP contribution in [0.5, 0.6) is 5.75 Å². The lowest BCUT2D eigenvalue weighted by Gasteiger charge is -2.26. The largest absolute Gasteiger partial charge is 0.497 e. The number of esters is 1. The Morgan fingerprint density at radius 3 is 2.57 bits per heavy atom. The number of thiazole rings is 1. The highest BCUT2D eigenvalue weighted by atomic mass is 32.2. The van der Waals surface area contributed by atoms with Gasteiger partial charge in [0.05, 0.1) is 41.3 Å². The molecule has 5 aromatic rings. The fraction of sp³-hybridized carbons (Fsp3) is 0.229. The molecular formula is C35H29F3N4O5S2. The molecule has 252 valence electrons. The first-order valence-electron chi connectivity index (χ1n) is 15.2. The van der Waals surface area contributed by atoms with Crippen LogP contribution in [0.4, 0.5) is 13.2 Å². The van der Waals surface area contributed by atoms with E-state index in [1.807, 2.05) is 13.0 Å². The summed E-state index contributed by atoms with van der Waals surface area (Å²) in [4.78, 5) is 40.6. The van der Waals surface area contributed by atoms with Crippen LogP contribution in [-0.2, 0) is 15.7 Å². The number of benzene rings is 2. The maximum absolute atomic E-state index is 14.1. The predicted octanol–water partition coefficient (Wildman–Crippen LogP) is 6.81. The molecule has 6 rings (SSSR count). The SMILES string of the molecule is CCCC1=C(C(=O)OCC)[C@@H](c2cccc(OC)c2)n2c(s/c(=C/c3ccc(Sc4nc(-c5ccccc5)cc(C(F)(F)F)n4)o3)c2=O)=N1. The highest BCUT2D eigenvalue weighted by Crippen LogP contribution is 2.36. The smallest absolute Gasteiger partial charge is 0.433 e. The van der Waals surface area contributed by atoms with E-state index in [-0.39, 0.29) is 38.4 Å². The van der Waals surface area contributed by atoms with E-state index in [0.717, 1.165) is 29.2 Å². The first-order chi connectivity index (χ1) is 23.6. The maximum atomic E-state index is 14.1. The van der Waals surface area contributed by atoms with Crippen molar-refractivity contribution in [3.63, 3.8) is 0 Å². The van der Waals surface area contributed by atoms with Crippen molar-refractivity contribution < 1.29 is 31.9 Å². The molecule has 4 heterocycles. The van der Waals surface area contributed by atoms with Gasteiger partial charge in [-0.2, -0.15) is 13.2 Å². The van der Waals surface area contributed by atoms with Gasteiger partial charge in [-0.15, -0.1) is 0 Å². The summed E-state index contributed by atoms with van der Waals surface area (Å²) in [6, 6.07) is 18.9. The van der Waals surface area contributed by atoms with Gasteiger partial charge in [-0.25, -0.2) is 19.8 Å². The van der Waals surface area contributed by atoms with Gasteiger partial charge in [0.2, 0.25) is 0 Å². The van der Waals surface area contributed by atoms with Gasteiger partial charge >= 0.3 is 12.1 Å². The molecule has 14 heteroatoms. The zero-order valence-electron chi connectivity index (χ0n) is 26.5. The lowest BCUT2D eigenvalue weighted by Crippen LogP contribution is -2.40. The topological polar surface area (TPSA) is 109 Å². The Kier molecular flexibility index (Phi) is 9.88. The summed E-state index contributed by atoms with van der Waals surface area (Å²) < 4.78 is 59.7. The highest BCUT2D eigenvalue weighted by molar-refractivity contribution is 7.99. The van der Waals surface area contributed by atoms with E-state index in [1.165, 1.54) is 17.8 Å². The third kappa shape index (κ3) is 7.25. The summed E-state index contributed by atoms with van der Waals surface area (Å²) in [6.07, 6.45) is -1.96. The minimum Gasteiger partial charge on any atom is -0.497 e. The van der Waals surface area contributed by atoms with Crippen molar-refractivity contribution in [1.82, 2.24) is 14.5 Å². The van der Waals surface area contributed by atoms with Crippen molar-refractivity contribution in [1.29, 1.82) is 0 Å². The van der Waals surface area contributed by atoms with Gasteiger partial charge in [-0.3, -0.25) is 9.36 Å². The van der Waals surface area contributed by atoms with Crippen LogP contribution in [0.1, 0.15) is 49.7 Å². The Bertz CT molecular complexity index is 2230. The lowest BCUT2D eigenvalue weighted by atomic mass is 9.94. The number of furan rings is 1. The molecule has 1 aliphatic heterocycles. The molecule has 0 bridgehead atoms. The van der Waals surface area contributed by atoms with Gasteiger partial charge in [-0.05, 0) is 61.0 Å². The predicted molar refractivity (Wildman–Crippen MR) is 178 cm³/mol. The van der Waals surface area contributed by atoms with Gasteiger partial charge in [-0.1, -0.05) is 67.1 Å². The van der Waals surface area contributed by atoms with E-state index in [1.54, 1.807) is 67.6 Å². The first kappa shape index (κ1) is 33.9. The first-order valence-corrected chi connectivity index (χ1v) is 16.9. The number of aromatic nitrogens is 3. The molecule has 1 aliphatic rings. The molecule has 0 radical (unpaired) electrons. The molecule has 1 atom stereocenters. The quantitative estimate of drug-likeness (QED) is 0.115. The number of halogens is 3. The number of carbonyl (C=O) groups excluding carboxylic acids is 1. The number of allylic oxidation sites excluding steroid dienone is 1. The van der Waals surface area contributed by atoms with E-state index in [2.05, 4.69) is 9.97 Å². The van der Waals surface area contributed by atoms with Crippen LogP contribution < -0.4 is 19.6 Å². The van der Waals surface area contributed by atoms with E-state index in [0.29, 0.717) is 40.2 Å². The third-order valence-electron chi connectivity index (χ3n) is 7.43. The number of rotatable bonds is 10. The Labute approximate surface area is 286 Å². The third-order valence-corrected chi connectivity index (χ3v) is 9.20. The number of hydrogen-bond acceptors (Lipinski definition) is 10. The molecule has 0 saturated carbocycles. The molecule has 0 spiro atoms. The monoisotopic (exact) mass is 706 g/mol. The number of hydrogen-bond donors (Lipinski definition) is 0. The van der Waals surface area contributed by atoms with Crippen molar-refractivity contribution in [3.05, 3.63) is 121 Å². The molecule has 0 N–H and O–H groups in total. The van der Waals surface area contributed by atoms with E-state index in [9.17, 15) is 22.8 Å². The number of methoxy groups -OCH3 is 1. The average Bonchev–Trinajstić information content (AvgIpc) is 3.66. The zero-order chi connectivity index (χ0) is 34.7. The summed E-state index contributed by atoms with van der Waals surface area (Å²) in [7, 11) is 1.53. The van der Waals surface area contributed by atoms with Gasteiger partial charge in [0.15, 0.2) is 15.1 Å². The summed E-state index contributed by atoms with van der Waals surface area (Å²) in [5.41, 5.74) is 0.603. The maximum Gasteiger partial charge on any atom is 0.433 e. The second kappa shape index (κ2) is 14.3. The highest BCUT2D eigenvalue weighted by Gasteiger charge is 2.35. The number of alkyl halides is 3. The van der Waals surface area contributed by atoms with Gasteiger partial charge in [0, 0.05) is 11.6 Å². The second-order valence-corrected chi connectivity index (χ2v) is 12.7. The minimum absolute atomic E-state index is 0.119. The van der Waals surface area contributed by atoms with Crippen LogP contribution >= 0.6 is 23.1 Å². The molecule has 49 heavy (non-hydrogen) atoms. The van der Waals surface area contributed by atoms with Gasteiger partial charge in [0.25, 0.3) is 5.56 Å². The lowest BCUT2D eigenvalue weighted by molar-refractivity contribution is -0.141. The van der Waals surface area contributed by atoms with E-state index in [4.69, 9.17) is 18.9 Å². The van der Waals surface area contributed by atoms with Crippen molar-refractivity contribution >= 4 is 35.1 Å².